The Morgan fingerprint density at radius 3 is 2.07 bits per heavy atom. The number of cyclic esters (lactones) is 1. The van der Waals surface area contributed by atoms with Crippen LogP contribution in [0, 0.1) is 41.4 Å². The molecule has 0 radical (unpaired) electrons. The monoisotopic (exact) mass is 1040 g/mol. The van der Waals surface area contributed by atoms with Crippen LogP contribution in [-0.2, 0) is 28.6 Å². The average Bonchev–Trinajstić information content (AvgIpc) is 3.30. The van der Waals surface area contributed by atoms with Crippen LogP contribution in [0.15, 0.2) is 41.4 Å². The van der Waals surface area contributed by atoms with Crippen LogP contribution in [0.1, 0.15) is 145 Å². The number of aliphatic hydroxyl groups excluding tert-OH is 9. The van der Waals surface area contributed by atoms with Crippen molar-refractivity contribution < 1.29 is 84.8 Å². The van der Waals surface area contributed by atoms with Crippen molar-refractivity contribution >= 4 is 23.9 Å². The molecule has 1 saturated heterocycles. The van der Waals surface area contributed by atoms with Crippen molar-refractivity contribution in [3.8, 4) is 0 Å². The van der Waals surface area contributed by atoms with E-state index in [0.29, 0.717) is 13.0 Å². The number of hydrogen-bond donors (Lipinski definition) is 13. The molecule has 20 atom stereocenters. The number of aliphatic carboxylic acids is 1. The van der Waals surface area contributed by atoms with E-state index < -0.39 is 139 Å². The van der Waals surface area contributed by atoms with E-state index in [4.69, 9.17) is 25.7 Å². The summed E-state index contributed by atoms with van der Waals surface area (Å²) in [5.41, 5.74) is 10.8. The Labute approximate surface area is 432 Å². The summed E-state index contributed by atoms with van der Waals surface area (Å²) in [5, 5.41) is 121. The Morgan fingerprint density at radius 2 is 1.42 bits per heavy atom. The number of nitrogens with zero attached hydrogens (tertiary/aromatic N) is 1. The first kappa shape index (κ1) is 65.6. The lowest BCUT2D eigenvalue weighted by Gasteiger charge is -2.45. The second-order valence-electron chi connectivity index (χ2n) is 21.4. The molecule has 2 rings (SSSR count). The highest BCUT2D eigenvalue weighted by Gasteiger charge is 2.50. The number of esters is 2. The van der Waals surface area contributed by atoms with Crippen LogP contribution in [0.25, 0.3) is 0 Å². The molecular formula is C53H93N3O17. The van der Waals surface area contributed by atoms with Gasteiger partial charge in [-0.05, 0) is 69.1 Å². The number of fused-ring (bicyclic) bond motifs is 2. The molecule has 15 N–H and O–H groups in total. The van der Waals surface area contributed by atoms with Crippen LogP contribution in [-0.4, -0.2) is 166 Å². The summed E-state index contributed by atoms with van der Waals surface area (Å²) in [6, 6.07) is 0. The molecular weight excluding hydrogens is 951 g/mol. The van der Waals surface area contributed by atoms with Gasteiger partial charge in [-0.2, -0.15) is 0 Å². The molecule has 0 aromatic heterocycles. The highest BCUT2D eigenvalue weighted by molar-refractivity contribution is 5.90. The highest BCUT2D eigenvalue weighted by Crippen LogP contribution is 2.36. The van der Waals surface area contributed by atoms with E-state index in [-0.39, 0.29) is 62.7 Å². The van der Waals surface area contributed by atoms with Crippen LogP contribution in [0.5, 0.6) is 0 Å². The zero-order valence-corrected chi connectivity index (χ0v) is 44.2. The van der Waals surface area contributed by atoms with Gasteiger partial charge in [-0.15, -0.1) is 0 Å². The Morgan fingerprint density at radius 1 is 0.781 bits per heavy atom. The van der Waals surface area contributed by atoms with Crippen molar-refractivity contribution in [1.29, 1.82) is 0 Å². The van der Waals surface area contributed by atoms with E-state index in [9.17, 15) is 70.6 Å². The van der Waals surface area contributed by atoms with Gasteiger partial charge < -0.3 is 81.8 Å². The fraction of sp³-hybridized carbons (Fsp3) is 0.811. The predicted molar refractivity (Wildman–Crippen MR) is 273 cm³/mol. The molecule has 0 aliphatic carbocycles. The first-order chi connectivity index (χ1) is 34.1. The van der Waals surface area contributed by atoms with Crippen LogP contribution in [0.4, 0.5) is 0 Å². The van der Waals surface area contributed by atoms with E-state index >= 15 is 0 Å². The molecule has 73 heavy (non-hydrogen) atoms. The van der Waals surface area contributed by atoms with E-state index in [0.717, 1.165) is 32.1 Å². The summed E-state index contributed by atoms with van der Waals surface area (Å²) in [7, 11) is 0. The van der Waals surface area contributed by atoms with Crippen LogP contribution < -0.4 is 11.5 Å². The van der Waals surface area contributed by atoms with Gasteiger partial charge in [-0.25, -0.2) is 4.79 Å². The number of aliphatic imine (C=N–C) groups is 1. The van der Waals surface area contributed by atoms with Crippen LogP contribution >= 0.6 is 0 Å². The van der Waals surface area contributed by atoms with Crippen molar-refractivity contribution in [2.45, 2.75) is 224 Å². The van der Waals surface area contributed by atoms with Gasteiger partial charge >= 0.3 is 17.9 Å². The molecule has 0 aromatic carbocycles. The van der Waals surface area contributed by atoms with Crippen molar-refractivity contribution in [1.82, 2.24) is 0 Å². The number of carboxylic acids is 1. The molecule has 1 fully saturated rings. The topological polar surface area (TPSA) is 366 Å². The lowest BCUT2D eigenvalue weighted by Crippen LogP contribution is -2.60. The number of carboxylic acid groups (broad SMARTS) is 1. The smallest absolute Gasteiger partial charge is 0.330 e. The Kier molecular flexibility index (Phi) is 29.5. The van der Waals surface area contributed by atoms with Crippen molar-refractivity contribution in [3.05, 3.63) is 36.5 Å². The Hall–Kier alpha value is -3.54. The first-order valence-electron chi connectivity index (χ1n) is 26.3. The van der Waals surface area contributed by atoms with Gasteiger partial charge in [-0.3, -0.25) is 14.6 Å². The van der Waals surface area contributed by atoms with Crippen molar-refractivity contribution in [2.24, 2.45) is 57.9 Å². The standard InChI is InChI=1S/C53H93N3O17/c1-30(14-12-10-8-9-11-13-21-56-52(54)55)22-34(5)50-33(4)16-19-41(59)35(6)43(61)24-37(57)23-38(71-49(68)28-47(65)66)25-39-26-45(63)51(69)53(70,73-39)29-46(64)32(3)15-18-40(58)36(7)44(62)27-42(60)31(2)17-20-48(67)72-50/h8-9,16-17,19-20,30-46,50-51,57-64,69-70H,10-15,18,21-29H2,1-7H3,(H,65,66)(H4,54,55,56). The normalized spacial score (nSPS) is 37.4. The maximum atomic E-state index is 13.5. The molecule has 0 aromatic rings. The minimum atomic E-state index is -2.52. The maximum Gasteiger partial charge on any atom is 0.330 e. The van der Waals surface area contributed by atoms with Gasteiger partial charge in [0.05, 0.1) is 54.9 Å². The lowest BCUT2D eigenvalue weighted by molar-refractivity contribution is -0.333. The van der Waals surface area contributed by atoms with Gasteiger partial charge in [0.25, 0.3) is 0 Å². The second kappa shape index (κ2) is 32.8. The molecule has 2 heterocycles. The number of ether oxygens (including phenoxy) is 3. The van der Waals surface area contributed by atoms with Crippen molar-refractivity contribution in [3.63, 3.8) is 0 Å². The zero-order chi connectivity index (χ0) is 55.2. The molecule has 2 aliphatic rings. The fourth-order valence-electron chi connectivity index (χ4n) is 9.67. The summed E-state index contributed by atoms with van der Waals surface area (Å²) >= 11 is 0. The van der Waals surface area contributed by atoms with E-state index in [1.165, 1.54) is 18.2 Å². The molecule has 2 aliphatic heterocycles. The van der Waals surface area contributed by atoms with Crippen molar-refractivity contribution in [2.75, 3.05) is 6.54 Å². The molecule has 20 nitrogen and oxygen atoms in total. The second-order valence-corrected chi connectivity index (χ2v) is 21.4. The number of rotatable bonds is 14. The third-order valence-corrected chi connectivity index (χ3v) is 14.7. The van der Waals surface area contributed by atoms with Gasteiger partial charge in [0, 0.05) is 68.4 Å². The van der Waals surface area contributed by atoms with E-state index in [1.54, 1.807) is 33.8 Å². The van der Waals surface area contributed by atoms with Crippen LogP contribution in [0.3, 0.4) is 0 Å². The third-order valence-electron chi connectivity index (χ3n) is 14.7. The predicted octanol–water partition coefficient (Wildman–Crippen LogP) is 2.49. The Balaban J connectivity index is 2.42. The maximum absolute atomic E-state index is 13.5. The Bertz CT molecular complexity index is 1750. The van der Waals surface area contributed by atoms with Crippen LogP contribution in [0.2, 0.25) is 0 Å². The molecule has 422 valence electrons. The fourth-order valence-corrected chi connectivity index (χ4v) is 9.67. The van der Waals surface area contributed by atoms with E-state index in [1.807, 2.05) is 13.8 Å². The third kappa shape index (κ3) is 24.3. The molecule has 0 spiro atoms. The van der Waals surface area contributed by atoms with E-state index in [2.05, 4.69) is 24.1 Å². The minimum Gasteiger partial charge on any atom is -0.481 e. The average molecular weight is 1040 g/mol. The van der Waals surface area contributed by atoms with Gasteiger partial charge in [0.2, 0.25) is 0 Å². The van der Waals surface area contributed by atoms with Gasteiger partial charge in [-0.1, -0.05) is 85.3 Å². The number of hydrogen-bond acceptors (Lipinski definition) is 17. The van der Waals surface area contributed by atoms with Gasteiger partial charge in [0.1, 0.15) is 24.7 Å². The molecule has 20 heteroatoms. The number of carbonyl (C=O) groups is 3. The number of nitrogens with two attached hydrogens (primary N) is 2. The molecule has 0 amide bonds. The number of aliphatic hydroxyl groups is 10. The SMILES string of the molecule is CC(CCCC=CCCCN=C(N)N)CC(C)C1OC(=O)C=CC(C)C(O)CC(O)C(C)C(O)CCC(C)C(O)CC2(O)OC(CC(OC(=O)CC(=O)O)CC(O)CC(O)C(C)C(O)C=CC1C)CC(O)C2O. The summed E-state index contributed by atoms with van der Waals surface area (Å²) < 4.78 is 17.4. The number of unbranched alkanes of at least 4 members (excludes halogenated alkanes) is 2. The largest absolute Gasteiger partial charge is 0.481 e. The quantitative estimate of drug-likeness (QED) is 0.0297. The summed E-state index contributed by atoms with van der Waals surface area (Å²) in [6.07, 6.45) is -2.69. The first-order valence-corrected chi connectivity index (χ1v) is 26.3. The highest BCUT2D eigenvalue weighted by atomic mass is 16.7. The molecule has 0 saturated carbocycles. The summed E-state index contributed by atoms with van der Waals surface area (Å²) in [5.74, 6) is -8.90. The molecule has 20 unspecified atom stereocenters. The van der Waals surface area contributed by atoms with Gasteiger partial charge in [0.15, 0.2) is 11.7 Å². The number of allylic oxidation sites excluding steroid dienone is 2. The molecule has 2 bridgehead atoms. The summed E-state index contributed by atoms with van der Waals surface area (Å²) in [4.78, 5) is 41.4. The summed E-state index contributed by atoms with van der Waals surface area (Å²) in [6.45, 7) is 13.0. The minimum absolute atomic E-state index is 0.0758. The number of guanidine groups is 1. The number of carbonyl (C=O) groups excluding carboxylic acids is 2. The zero-order valence-electron chi connectivity index (χ0n) is 44.2. The lowest BCUT2D eigenvalue weighted by atomic mass is 9.83.